The molecule has 0 radical (unpaired) electrons. The normalized spacial score (nSPS) is 11.3. The van der Waals surface area contributed by atoms with Crippen LogP contribution in [0.1, 0.15) is 38.0 Å². The summed E-state index contributed by atoms with van der Waals surface area (Å²) in [6.45, 7) is 7.58. The van der Waals surface area contributed by atoms with Crippen LogP contribution in [0.15, 0.2) is 18.2 Å². The molecule has 3 heteroatoms. The van der Waals surface area contributed by atoms with E-state index in [4.69, 9.17) is 5.21 Å². The topological polar surface area (TPSA) is 52.5 Å². The summed E-state index contributed by atoms with van der Waals surface area (Å²) in [4.78, 5) is 0. The van der Waals surface area contributed by atoms with Crippen LogP contribution in [-0.4, -0.2) is 10.3 Å². The maximum atomic E-state index is 9.28. The van der Waals surface area contributed by atoms with Crippen LogP contribution in [0.2, 0.25) is 0 Å². The van der Waals surface area contributed by atoms with E-state index < -0.39 is 6.10 Å². The molecule has 0 bridgehead atoms. The number of aryl methyl sites for hydroxylation is 1. The summed E-state index contributed by atoms with van der Waals surface area (Å²) < 4.78 is 0. The number of benzene rings is 1. The molecule has 0 fully saturated rings. The molecule has 0 aliphatic carbocycles. The number of nitrogens with one attached hydrogen (secondary N) is 1. The van der Waals surface area contributed by atoms with E-state index in [1.54, 1.807) is 19.1 Å². The molecule has 3 nitrogen and oxygen atoms in total. The van der Waals surface area contributed by atoms with Gasteiger partial charge in [-0.3, -0.25) is 10.7 Å². The van der Waals surface area contributed by atoms with Crippen molar-refractivity contribution >= 4 is 5.69 Å². The molecule has 0 aliphatic rings. The van der Waals surface area contributed by atoms with Gasteiger partial charge in [-0.2, -0.15) is 0 Å². The Morgan fingerprint density at radius 1 is 1.29 bits per heavy atom. The van der Waals surface area contributed by atoms with Crippen molar-refractivity contribution in [2.75, 3.05) is 5.48 Å². The van der Waals surface area contributed by atoms with Gasteiger partial charge >= 0.3 is 0 Å². The monoisotopic (exact) mass is 197 g/mol. The van der Waals surface area contributed by atoms with Gasteiger partial charge in [0.15, 0.2) is 0 Å². The maximum Gasteiger partial charge on any atom is 0.0782 e. The fourth-order valence-electron chi connectivity index (χ4n) is 1.13. The van der Waals surface area contributed by atoms with E-state index >= 15 is 0 Å². The maximum absolute atomic E-state index is 9.28. The summed E-state index contributed by atoms with van der Waals surface area (Å²) in [5.41, 5.74) is 4.35. The zero-order chi connectivity index (χ0) is 11.1. The number of anilines is 1. The number of aliphatic hydroxyl groups is 1. The molecule has 0 aliphatic heterocycles. The van der Waals surface area contributed by atoms with E-state index in [2.05, 4.69) is 5.48 Å². The third-order valence-electron chi connectivity index (χ3n) is 1.78. The van der Waals surface area contributed by atoms with Gasteiger partial charge in [-0.25, -0.2) is 0 Å². The molecule has 3 N–H and O–H groups in total. The smallest absolute Gasteiger partial charge is 0.0782 e. The highest BCUT2D eigenvalue weighted by molar-refractivity contribution is 5.52. The molecule has 0 saturated heterocycles. The first-order valence-corrected chi connectivity index (χ1v) is 4.84. The largest absolute Gasteiger partial charge is 0.389 e. The van der Waals surface area contributed by atoms with Gasteiger partial charge in [-0.05, 0) is 25.5 Å². The second-order valence-corrected chi connectivity index (χ2v) is 2.88. The Kier molecular flexibility index (Phi) is 5.92. The highest BCUT2D eigenvalue weighted by atomic mass is 16.5. The molecule has 0 amide bonds. The van der Waals surface area contributed by atoms with Crippen molar-refractivity contribution in [1.29, 1.82) is 0 Å². The molecule has 0 saturated carbocycles. The van der Waals surface area contributed by atoms with Crippen molar-refractivity contribution in [2.24, 2.45) is 0 Å². The van der Waals surface area contributed by atoms with Crippen molar-refractivity contribution in [3.05, 3.63) is 29.3 Å². The van der Waals surface area contributed by atoms with Crippen LogP contribution in [0.25, 0.3) is 0 Å². The van der Waals surface area contributed by atoms with Gasteiger partial charge in [-0.1, -0.05) is 26.0 Å². The SMILES string of the molecule is CC.Cc1ccc(C(C)O)c(NO)c1. The summed E-state index contributed by atoms with van der Waals surface area (Å²) in [7, 11) is 0. The summed E-state index contributed by atoms with van der Waals surface area (Å²) in [5, 5.41) is 18.0. The quantitative estimate of drug-likeness (QED) is 0.639. The van der Waals surface area contributed by atoms with Crippen LogP contribution in [0, 0.1) is 6.92 Å². The van der Waals surface area contributed by atoms with E-state index in [1.807, 2.05) is 26.8 Å². The first kappa shape index (κ1) is 12.9. The second kappa shape index (κ2) is 6.40. The lowest BCUT2D eigenvalue weighted by Crippen LogP contribution is -1.99. The lowest BCUT2D eigenvalue weighted by molar-refractivity contribution is 0.199. The van der Waals surface area contributed by atoms with Gasteiger partial charge in [0.05, 0.1) is 11.8 Å². The Morgan fingerprint density at radius 2 is 1.86 bits per heavy atom. The lowest BCUT2D eigenvalue weighted by atomic mass is 10.1. The van der Waals surface area contributed by atoms with Crippen LogP contribution in [0.4, 0.5) is 5.69 Å². The standard InChI is InChI=1S/C9H13NO2.C2H6/c1-6-3-4-8(7(2)11)9(5-6)10-12;1-2/h3-5,7,10-12H,1-2H3;1-2H3. The number of rotatable bonds is 2. The summed E-state index contributed by atoms with van der Waals surface area (Å²) >= 11 is 0. The molecule has 1 aromatic carbocycles. The molecule has 14 heavy (non-hydrogen) atoms. The molecular formula is C11H19NO2. The fourth-order valence-corrected chi connectivity index (χ4v) is 1.13. The van der Waals surface area contributed by atoms with E-state index in [9.17, 15) is 5.11 Å². The van der Waals surface area contributed by atoms with Crippen molar-refractivity contribution in [3.8, 4) is 0 Å². The van der Waals surface area contributed by atoms with E-state index in [0.29, 0.717) is 11.3 Å². The Bertz CT molecular complexity index is 272. The molecular weight excluding hydrogens is 178 g/mol. The average molecular weight is 197 g/mol. The fraction of sp³-hybridized carbons (Fsp3) is 0.455. The van der Waals surface area contributed by atoms with Crippen LogP contribution < -0.4 is 5.48 Å². The average Bonchev–Trinajstić information content (AvgIpc) is 2.20. The van der Waals surface area contributed by atoms with Gasteiger partial charge < -0.3 is 5.11 Å². The zero-order valence-electron chi connectivity index (χ0n) is 9.20. The predicted octanol–water partition coefficient (Wildman–Crippen LogP) is 2.88. The Hall–Kier alpha value is -1.06. The molecule has 0 aromatic heterocycles. The Balaban J connectivity index is 0.000000791. The van der Waals surface area contributed by atoms with Crippen molar-refractivity contribution in [2.45, 2.75) is 33.8 Å². The molecule has 0 heterocycles. The molecule has 1 unspecified atom stereocenters. The highest BCUT2D eigenvalue weighted by Gasteiger charge is 2.06. The van der Waals surface area contributed by atoms with E-state index in [0.717, 1.165) is 5.56 Å². The molecule has 1 atom stereocenters. The van der Waals surface area contributed by atoms with Crippen molar-refractivity contribution in [1.82, 2.24) is 0 Å². The first-order valence-electron chi connectivity index (χ1n) is 4.84. The molecule has 1 aromatic rings. The van der Waals surface area contributed by atoms with Gasteiger partial charge in [0.2, 0.25) is 0 Å². The van der Waals surface area contributed by atoms with Crippen molar-refractivity contribution < 1.29 is 10.3 Å². The van der Waals surface area contributed by atoms with Crippen LogP contribution in [-0.2, 0) is 0 Å². The minimum atomic E-state index is -0.569. The van der Waals surface area contributed by atoms with Gasteiger partial charge in [0.25, 0.3) is 0 Å². The summed E-state index contributed by atoms with van der Waals surface area (Å²) in [6, 6.07) is 5.46. The third-order valence-corrected chi connectivity index (χ3v) is 1.78. The zero-order valence-corrected chi connectivity index (χ0v) is 9.20. The minimum absolute atomic E-state index is 0.560. The van der Waals surface area contributed by atoms with Crippen LogP contribution in [0.3, 0.4) is 0 Å². The number of hydrogen-bond acceptors (Lipinski definition) is 3. The van der Waals surface area contributed by atoms with E-state index in [1.165, 1.54) is 0 Å². The van der Waals surface area contributed by atoms with Gasteiger partial charge in [0.1, 0.15) is 0 Å². The van der Waals surface area contributed by atoms with Gasteiger partial charge in [-0.15, -0.1) is 0 Å². The second-order valence-electron chi connectivity index (χ2n) is 2.88. The first-order chi connectivity index (χ1) is 6.65. The van der Waals surface area contributed by atoms with E-state index in [-0.39, 0.29) is 0 Å². The summed E-state index contributed by atoms with van der Waals surface area (Å²) in [5.74, 6) is 0. The number of aliphatic hydroxyl groups excluding tert-OH is 1. The van der Waals surface area contributed by atoms with Crippen molar-refractivity contribution in [3.63, 3.8) is 0 Å². The van der Waals surface area contributed by atoms with Crippen LogP contribution >= 0.6 is 0 Å². The minimum Gasteiger partial charge on any atom is -0.389 e. The molecule has 1 rings (SSSR count). The third kappa shape index (κ3) is 3.36. The highest BCUT2D eigenvalue weighted by Crippen LogP contribution is 2.22. The van der Waals surface area contributed by atoms with Crippen LogP contribution in [0.5, 0.6) is 0 Å². The van der Waals surface area contributed by atoms with Gasteiger partial charge in [0, 0.05) is 5.56 Å². The molecule has 80 valence electrons. The lowest BCUT2D eigenvalue weighted by Gasteiger charge is -2.10. The number of hydrogen-bond donors (Lipinski definition) is 3. The predicted molar refractivity (Wildman–Crippen MR) is 58.6 cm³/mol. The molecule has 0 spiro atoms. The Morgan fingerprint density at radius 3 is 2.29 bits per heavy atom. The Labute approximate surface area is 85.4 Å². The summed E-state index contributed by atoms with van der Waals surface area (Å²) in [6.07, 6.45) is -0.569.